The van der Waals surface area contributed by atoms with Gasteiger partial charge in [0, 0.05) is 29.5 Å². The summed E-state index contributed by atoms with van der Waals surface area (Å²) in [5, 5.41) is 3.49. The predicted octanol–water partition coefficient (Wildman–Crippen LogP) is 2.95. The highest BCUT2D eigenvalue weighted by Crippen LogP contribution is 2.15. The maximum atomic E-state index is 11.7. The van der Waals surface area contributed by atoms with Crippen molar-refractivity contribution in [2.75, 3.05) is 13.2 Å². The minimum absolute atomic E-state index is 0.00523. The van der Waals surface area contributed by atoms with Gasteiger partial charge in [-0.1, -0.05) is 11.6 Å². The number of nitrogens with zero attached hydrogens (tertiary/aromatic N) is 1. The van der Waals surface area contributed by atoms with Gasteiger partial charge in [0.05, 0.1) is 0 Å². The molecule has 4 nitrogen and oxygen atoms in total. The third kappa shape index (κ3) is 4.53. The Balaban J connectivity index is 1.71. The lowest BCUT2D eigenvalue weighted by Gasteiger charge is -2.11. The van der Waals surface area contributed by atoms with Gasteiger partial charge in [0.15, 0.2) is 6.61 Å². The summed E-state index contributed by atoms with van der Waals surface area (Å²) in [6.07, 6.45) is 0. The molecule has 1 aromatic carbocycles. The Kier molecular flexibility index (Phi) is 5.28. The van der Waals surface area contributed by atoms with Gasteiger partial charge in [-0.05, 0) is 50.2 Å². The first-order chi connectivity index (χ1) is 10.1. The van der Waals surface area contributed by atoms with Gasteiger partial charge in [-0.2, -0.15) is 0 Å². The van der Waals surface area contributed by atoms with Crippen LogP contribution in [-0.4, -0.2) is 23.6 Å². The molecule has 112 valence electrons. The van der Waals surface area contributed by atoms with Crippen LogP contribution in [-0.2, 0) is 11.3 Å². The van der Waals surface area contributed by atoms with Crippen molar-refractivity contribution in [1.29, 1.82) is 0 Å². The molecular formula is C16H19ClN2O2. The highest BCUT2D eigenvalue weighted by atomic mass is 35.5. The Hall–Kier alpha value is -1.94. The van der Waals surface area contributed by atoms with E-state index in [9.17, 15) is 4.79 Å². The van der Waals surface area contributed by atoms with Gasteiger partial charge in [0.25, 0.3) is 5.91 Å². The molecule has 1 heterocycles. The molecule has 1 amide bonds. The van der Waals surface area contributed by atoms with E-state index in [1.54, 1.807) is 24.3 Å². The zero-order valence-corrected chi connectivity index (χ0v) is 13.0. The molecule has 5 heteroatoms. The first kappa shape index (κ1) is 15.4. The Morgan fingerprint density at radius 1 is 1.14 bits per heavy atom. The van der Waals surface area contributed by atoms with Gasteiger partial charge >= 0.3 is 0 Å². The SMILES string of the molecule is Cc1ccc(C)n1CCNC(=O)COc1ccc(Cl)cc1. The highest BCUT2D eigenvalue weighted by Gasteiger charge is 2.04. The maximum Gasteiger partial charge on any atom is 0.258 e. The minimum atomic E-state index is -0.132. The molecule has 0 radical (unpaired) electrons. The van der Waals surface area contributed by atoms with Gasteiger partial charge in [0.2, 0.25) is 0 Å². The van der Waals surface area contributed by atoms with Crippen LogP contribution < -0.4 is 10.1 Å². The Bertz CT molecular complexity index is 586. The molecule has 2 rings (SSSR count). The number of rotatable bonds is 6. The van der Waals surface area contributed by atoms with E-state index in [-0.39, 0.29) is 12.5 Å². The summed E-state index contributed by atoms with van der Waals surface area (Å²) in [4.78, 5) is 11.7. The standard InChI is InChI=1S/C16H19ClN2O2/c1-12-3-4-13(2)19(12)10-9-18-16(20)11-21-15-7-5-14(17)6-8-15/h3-8H,9-11H2,1-2H3,(H,18,20). The average Bonchev–Trinajstić information content (AvgIpc) is 2.78. The lowest BCUT2D eigenvalue weighted by atomic mass is 10.3. The molecule has 21 heavy (non-hydrogen) atoms. The van der Waals surface area contributed by atoms with Crippen molar-refractivity contribution in [1.82, 2.24) is 9.88 Å². The first-order valence-corrected chi connectivity index (χ1v) is 7.22. The number of amides is 1. The summed E-state index contributed by atoms with van der Waals surface area (Å²) in [5.74, 6) is 0.499. The summed E-state index contributed by atoms with van der Waals surface area (Å²) in [7, 11) is 0. The molecule has 0 saturated carbocycles. The van der Waals surface area contributed by atoms with E-state index in [0.717, 1.165) is 6.54 Å². The minimum Gasteiger partial charge on any atom is -0.484 e. The number of aromatic nitrogens is 1. The van der Waals surface area contributed by atoms with Crippen LogP contribution in [0.5, 0.6) is 5.75 Å². The smallest absolute Gasteiger partial charge is 0.258 e. The van der Waals surface area contributed by atoms with E-state index in [2.05, 4.69) is 35.9 Å². The van der Waals surface area contributed by atoms with Gasteiger partial charge in [-0.25, -0.2) is 0 Å². The highest BCUT2D eigenvalue weighted by molar-refractivity contribution is 6.30. The second-order valence-corrected chi connectivity index (χ2v) is 5.30. The van der Waals surface area contributed by atoms with Gasteiger partial charge in [-0.3, -0.25) is 4.79 Å². The number of benzene rings is 1. The molecule has 0 fully saturated rings. The Morgan fingerprint density at radius 2 is 1.76 bits per heavy atom. The lowest BCUT2D eigenvalue weighted by molar-refractivity contribution is -0.123. The molecule has 0 bridgehead atoms. The van der Waals surface area contributed by atoms with E-state index < -0.39 is 0 Å². The molecule has 0 aliphatic rings. The number of aryl methyl sites for hydroxylation is 2. The summed E-state index contributed by atoms with van der Waals surface area (Å²) < 4.78 is 7.55. The topological polar surface area (TPSA) is 43.3 Å². The molecule has 0 saturated heterocycles. The summed E-state index contributed by atoms with van der Waals surface area (Å²) in [6, 6.07) is 11.1. The van der Waals surface area contributed by atoms with Gasteiger partial charge < -0.3 is 14.6 Å². The first-order valence-electron chi connectivity index (χ1n) is 6.84. The van der Waals surface area contributed by atoms with Crippen molar-refractivity contribution in [3.8, 4) is 5.75 Å². The van der Waals surface area contributed by atoms with Crippen molar-refractivity contribution >= 4 is 17.5 Å². The summed E-state index contributed by atoms with van der Waals surface area (Å²) in [6.45, 7) is 5.46. The second-order valence-electron chi connectivity index (χ2n) is 4.86. The van der Waals surface area contributed by atoms with E-state index in [4.69, 9.17) is 16.3 Å². The molecule has 0 spiro atoms. The number of halogens is 1. The quantitative estimate of drug-likeness (QED) is 0.891. The zero-order valence-electron chi connectivity index (χ0n) is 12.2. The molecule has 0 aliphatic heterocycles. The molecule has 0 unspecified atom stereocenters. The fourth-order valence-corrected chi connectivity index (χ4v) is 2.22. The van der Waals surface area contributed by atoms with Crippen molar-refractivity contribution in [2.45, 2.75) is 20.4 Å². The third-order valence-corrected chi connectivity index (χ3v) is 3.51. The van der Waals surface area contributed by atoms with E-state index in [1.807, 2.05) is 0 Å². The Morgan fingerprint density at radius 3 is 2.38 bits per heavy atom. The Labute approximate surface area is 129 Å². The fraction of sp³-hybridized carbons (Fsp3) is 0.312. The van der Waals surface area contributed by atoms with Crippen LogP contribution in [0.15, 0.2) is 36.4 Å². The predicted molar refractivity (Wildman–Crippen MR) is 83.9 cm³/mol. The number of carbonyl (C=O) groups is 1. The van der Waals surface area contributed by atoms with Gasteiger partial charge in [0.1, 0.15) is 5.75 Å². The van der Waals surface area contributed by atoms with Gasteiger partial charge in [-0.15, -0.1) is 0 Å². The monoisotopic (exact) mass is 306 g/mol. The van der Waals surface area contributed by atoms with E-state index >= 15 is 0 Å². The molecule has 2 aromatic rings. The number of hydrogen-bond donors (Lipinski definition) is 1. The second kappa shape index (κ2) is 7.18. The van der Waals surface area contributed by atoms with Crippen molar-refractivity contribution < 1.29 is 9.53 Å². The van der Waals surface area contributed by atoms with Crippen LogP contribution in [0, 0.1) is 13.8 Å². The van der Waals surface area contributed by atoms with Crippen LogP contribution >= 0.6 is 11.6 Å². The normalized spacial score (nSPS) is 10.4. The lowest BCUT2D eigenvalue weighted by Crippen LogP contribution is -2.31. The molecule has 0 atom stereocenters. The molecule has 1 aromatic heterocycles. The number of carbonyl (C=O) groups excluding carboxylic acids is 1. The third-order valence-electron chi connectivity index (χ3n) is 3.26. The molecule has 0 aliphatic carbocycles. The molecular weight excluding hydrogens is 288 g/mol. The largest absolute Gasteiger partial charge is 0.484 e. The maximum absolute atomic E-state index is 11.7. The van der Waals surface area contributed by atoms with Crippen LogP contribution in [0.25, 0.3) is 0 Å². The van der Waals surface area contributed by atoms with E-state index in [0.29, 0.717) is 17.3 Å². The van der Waals surface area contributed by atoms with Crippen LogP contribution in [0.4, 0.5) is 0 Å². The number of nitrogens with one attached hydrogen (secondary N) is 1. The van der Waals surface area contributed by atoms with Crippen molar-refractivity contribution in [2.24, 2.45) is 0 Å². The summed E-state index contributed by atoms with van der Waals surface area (Å²) in [5.41, 5.74) is 2.39. The average molecular weight is 307 g/mol. The van der Waals surface area contributed by atoms with Crippen LogP contribution in [0.3, 0.4) is 0 Å². The number of ether oxygens (including phenoxy) is 1. The van der Waals surface area contributed by atoms with Crippen LogP contribution in [0.1, 0.15) is 11.4 Å². The zero-order chi connectivity index (χ0) is 15.2. The fourth-order valence-electron chi connectivity index (χ4n) is 2.09. The van der Waals surface area contributed by atoms with Crippen LogP contribution in [0.2, 0.25) is 5.02 Å². The van der Waals surface area contributed by atoms with Crippen molar-refractivity contribution in [3.05, 3.63) is 52.8 Å². The van der Waals surface area contributed by atoms with Crippen molar-refractivity contribution in [3.63, 3.8) is 0 Å². The number of hydrogen-bond acceptors (Lipinski definition) is 2. The van der Waals surface area contributed by atoms with E-state index in [1.165, 1.54) is 11.4 Å². The molecule has 1 N–H and O–H groups in total. The summed E-state index contributed by atoms with van der Waals surface area (Å²) >= 11 is 5.78.